The van der Waals surface area contributed by atoms with Crippen molar-refractivity contribution in [3.8, 4) is 0 Å². The second-order valence-corrected chi connectivity index (χ2v) is 5.10. The van der Waals surface area contributed by atoms with Crippen molar-refractivity contribution in [3.63, 3.8) is 0 Å². The van der Waals surface area contributed by atoms with E-state index < -0.39 is 5.97 Å². The molecule has 0 unspecified atom stereocenters. The van der Waals surface area contributed by atoms with Crippen molar-refractivity contribution in [1.29, 1.82) is 0 Å². The first kappa shape index (κ1) is 15.0. The van der Waals surface area contributed by atoms with Gasteiger partial charge < -0.3 is 15.3 Å². The van der Waals surface area contributed by atoms with Gasteiger partial charge in [0, 0.05) is 25.6 Å². The summed E-state index contributed by atoms with van der Waals surface area (Å²) in [7, 11) is 1.84. The van der Waals surface area contributed by atoms with E-state index in [2.05, 4.69) is 5.32 Å². The maximum Gasteiger partial charge on any atom is 0.304 e. The smallest absolute Gasteiger partial charge is 0.304 e. The van der Waals surface area contributed by atoms with Gasteiger partial charge in [0.05, 0.1) is 6.42 Å². The number of nitrogens with zero attached hydrogens (tertiary/aromatic N) is 1. The van der Waals surface area contributed by atoms with E-state index in [1.807, 2.05) is 11.9 Å². The van der Waals surface area contributed by atoms with E-state index in [0.717, 1.165) is 12.8 Å². The Morgan fingerprint density at radius 3 is 2.39 bits per heavy atom. The highest BCUT2D eigenvalue weighted by Crippen LogP contribution is 2.17. The van der Waals surface area contributed by atoms with Crippen LogP contribution in [0.1, 0.15) is 44.9 Å². The second-order valence-electron chi connectivity index (χ2n) is 5.10. The monoisotopic (exact) mass is 256 g/mol. The highest BCUT2D eigenvalue weighted by atomic mass is 16.4. The summed E-state index contributed by atoms with van der Waals surface area (Å²) in [6.45, 7) is 1.11. The van der Waals surface area contributed by atoms with Gasteiger partial charge in [0.2, 0.25) is 5.91 Å². The van der Waals surface area contributed by atoms with Crippen LogP contribution < -0.4 is 5.32 Å². The highest BCUT2D eigenvalue weighted by Gasteiger charge is 2.15. The fraction of sp³-hybridized carbons (Fsp3) is 0.846. The maximum atomic E-state index is 11.7. The summed E-state index contributed by atoms with van der Waals surface area (Å²) in [5.74, 6) is -0.711. The van der Waals surface area contributed by atoms with Crippen LogP contribution in [0.15, 0.2) is 0 Å². The number of hydrogen-bond acceptors (Lipinski definition) is 3. The Morgan fingerprint density at radius 1 is 1.17 bits per heavy atom. The van der Waals surface area contributed by atoms with Crippen LogP contribution in [0.25, 0.3) is 0 Å². The van der Waals surface area contributed by atoms with Gasteiger partial charge in [0.25, 0.3) is 0 Å². The molecule has 0 atom stereocenters. The third kappa shape index (κ3) is 6.59. The van der Waals surface area contributed by atoms with Crippen molar-refractivity contribution in [1.82, 2.24) is 10.2 Å². The number of carboxylic acid groups (broad SMARTS) is 1. The van der Waals surface area contributed by atoms with Gasteiger partial charge in [-0.25, -0.2) is 0 Å². The van der Waals surface area contributed by atoms with Gasteiger partial charge in [-0.05, 0) is 19.9 Å². The quantitative estimate of drug-likeness (QED) is 0.719. The Labute approximate surface area is 109 Å². The van der Waals surface area contributed by atoms with E-state index in [4.69, 9.17) is 5.11 Å². The van der Waals surface area contributed by atoms with Crippen LogP contribution in [0, 0.1) is 0 Å². The predicted octanol–water partition coefficient (Wildman–Crippen LogP) is 1.23. The van der Waals surface area contributed by atoms with Crippen molar-refractivity contribution in [2.75, 3.05) is 20.1 Å². The first-order valence-electron chi connectivity index (χ1n) is 6.77. The molecular formula is C13H24N2O3. The summed E-state index contributed by atoms with van der Waals surface area (Å²) < 4.78 is 0. The molecule has 1 fully saturated rings. The second kappa shape index (κ2) is 8.08. The molecule has 0 aliphatic heterocycles. The van der Waals surface area contributed by atoms with Crippen LogP contribution in [0.5, 0.6) is 0 Å². The van der Waals surface area contributed by atoms with Gasteiger partial charge in [0.1, 0.15) is 0 Å². The Morgan fingerprint density at radius 2 is 1.78 bits per heavy atom. The summed E-state index contributed by atoms with van der Waals surface area (Å²) in [5, 5.41) is 11.6. The zero-order valence-electron chi connectivity index (χ0n) is 11.2. The lowest BCUT2D eigenvalue weighted by atomic mass is 9.95. The van der Waals surface area contributed by atoms with Crippen molar-refractivity contribution in [2.45, 2.75) is 51.0 Å². The standard InChI is InChI=1S/C13H24N2O3/c1-15(10-8-13(17)18)9-7-12(16)14-11-5-3-2-4-6-11/h11H,2-10H2,1H3,(H,14,16)(H,17,18). The molecule has 104 valence electrons. The molecule has 0 aromatic carbocycles. The number of carbonyl (C=O) groups is 2. The summed E-state index contributed by atoms with van der Waals surface area (Å²) >= 11 is 0. The molecule has 0 aromatic heterocycles. The molecule has 0 aromatic rings. The minimum atomic E-state index is -0.798. The van der Waals surface area contributed by atoms with Crippen molar-refractivity contribution < 1.29 is 14.7 Å². The largest absolute Gasteiger partial charge is 0.481 e. The Kier molecular flexibility index (Phi) is 6.72. The number of carbonyl (C=O) groups excluding carboxylic acids is 1. The van der Waals surface area contributed by atoms with Crippen LogP contribution in [-0.2, 0) is 9.59 Å². The van der Waals surface area contributed by atoms with Crippen LogP contribution >= 0.6 is 0 Å². The molecule has 0 spiro atoms. The normalized spacial score (nSPS) is 16.8. The van der Waals surface area contributed by atoms with Crippen LogP contribution in [0.2, 0.25) is 0 Å². The minimum absolute atomic E-state index is 0.0871. The van der Waals surface area contributed by atoms with Gasteiger partial charge in [-0.2, -0.15) is 0 Å². The van der Waals surface area contributed by atoms with Gasteiger partial charge >= 0.3 is 5.97 Å². The molecule has 0 heterocycles. The van der Waals surface area contributed by atoms with Crippen molar-refractivity contribution >= 4 is 11.9 Å². The predicted molar refractivity (Wildman–Crippen MR) is 69.4 cm³/mol. The van der Waals surface area contributed by atoms with Crippen LogP contribution in [0.3, 0.4) is 0 Å². The van der Waals surface area contributed by atoms with E-state index in [-0.39, 0.29) is 12.3 Å². The van der Waals surface area contributed by atoms with Crippen LogP contribution in [0.4, 0.5) is 0 Å². The number of amides is 1. The molecule has 1 rings (SSSR count). The molecule has 1 amide bonds. The Bertz CT molecular complexity index is 275. The lowest BCUT2D eigenvalue weighted by Crippen LogP contribution is -2.37. The molecule has 2 N–H and O–H groups in total. The summed E-state index contributed by atoms with van der Waals surface area (Å²) in [4.78, 5) is 24.0. The zero-order chi connectivity index (χ0) is 13.4. The van der Waals surface area contributed by atoms with Crippen LogP contribution in [-0.4, -0.2) is 48.1 Å². The lowest BCUT2D eigenvalue weighted by molar-refractivity contribution is -0.137. The number of rotatable bonds is 7. The maximum absolute atomic E-state index is 11.7. The number of nitrogens with one attached hydrogen (secondary N) is 1. The molecule has 0 radical (unpaired) electrons. The molecule has 5 nitrogen and oxygen atoms in total. The minimum Gasteiger partial charge on any atom is -0.481 e. The Hall–Kier alpha value is -1.10. The van der Waals surface area contributed by atoms with Gasteiger partial charge in [-0.1, -0.05) is 19.3 Å². The van der Waals surface area contributed by atoms with E-state index in [9.17, 15) is 9.59 Å². The van der Waals surface area contributed by atoms with Crippen molar-refractivity contribution in [3.05, 3.63) is 0 Å². The molecular weight excluding hydrogens is 232 g/mol. The van der Waals surface area contributed by atoms with E-state index >= 15 is 0 Å². The average molecular weight is 256 g/mol. The fourth-order valence-corrected chi connectivity index (χ4v) is 2.24. The van der Waals surface area contributed by atoms with E-state index in [1.54, 1.807) is 0 Å². The molecule has 5 heteroatoms. The van der Waals surface area contributed by atoms with Gasteiger partial charge in [-0.15, -0.1) is 0 Å². The molecule has 1 saturated carbocycles. The molecule has 0 bridgehead atoms. The first-order valence-corrected chi connectivity index (χ1v) is 6.77. The molecule has 0 saturated heterocycles. The SMILES string of the molecule is CN(CCC(=O)O)CCC(=O)NC1CCCCC1. The number of carboxylic acids is 1. The summed E-state index contributed by atoms with van der Waals surface area (Å²) in [6, 6.07) is 0.357. The topological polar surface area (TPSA) is 69.6 Å². The zero-order valence-corrected chi connectivity index (χ0v) is 11.2. The van der Waals surface area contributed by atoms with E-state index in [0.29, 0.717) is 25.6 Å². The number of hydrogen-bond donors (Lipinski definition) is 2. The lowest BCUT2D eigenvalue weighted by Gasteiger charge is -2.23. The number of aliphatic carboxylic acids is 1. The first-order chi connectivity index (χ1) is 8.58. The third-order valence-electron chi connectivity index (χ3n) is 3.40. The Balaban J connectivity index is 2.10. The third-order valence-corrected chi connectivity index (χ3v) is 3.40. The molecule has 1 aliphatic carbocycles. The van der Waals surface area contributed by atoms with E-state index in [1.165, 1.54) is 19.3 Å². The summed E-state index contributed by atoms with van der Waals surface area (Å²) in [6.07, 6.45) is 6.48. The van der Waals surface area contributed by atoms with Gasteiger partial charge in [-0.3, -0.25) is 9.59 Å². The highest BCUT2D eigenvalue weighted by molar-refractivity contribution is 5.76. The average Bonchev–Trinajstić information content (AvgIpc) is 2.35. The van der Waals surface area contributed by atoms with Crippen molar-refractivity contribution in [2.24, 2.45) is 0 Å². The van der Waals surface area contributed by atoms with Gasteiger partial charge in [0.15, 0.2) is 0 Å². The summed E-state index contributed by atoms with van der Waals surface area (Å²) in [5.41, 5.74) is 0. The molecule has 1 aliphatic rings. The molecule has 18 heavy (non-hydrogen) atoms. The fourth-order valence-electron chi connectivity index (χ4n) is 2.24.